The van der Waals surface area contributed by atoms with E-state index in [9.17, 15) is 0 Å². The number of aromatic nitrogens is 1. The lowest BCUT2D eigenvalue weighted by atomic mass is 10.0. The maximum Gasteiger partial charge on any atom is 0.0694 e. The average molecular weight is 207 g/mol. The molecule has 2 heterocycles. The van der Waals surface area contributed by atoms with E-state index in [1.54, 1.807) is 6.20 Å². The Balaban J connectivity index is 2.09. The van der Waals surface area contributed by atoms with Crippen LogP contribution in [0.4, 0.5) is 11.4 Å². The Labute approximate surface area is 90.0 Å². The van der Waals surface area contributed by atoms with Gasteiger partial charge in [0, 0.05) is 13.7 Å². The van der Waals surface area contributed by atoms with E-state index >= 15 is 0 Å². The Kier molecular flexibility index (Phi) is 2.77. The predicted molar refractivity (Wildman–Crippen MR) is 61.2 cm³/mol. The maximum atomic E-state index is 5.39. The topological polar surface area (TPSA) is 46.2 Å². The molecule has 1 fully saturated rings. The van der Waals surface area contributed by atoms with Gasteiger partial charge in [-0.25, -0.2) is 0 Å². The van der Waals surface area contributed by atoms with Gasteiger partial charge in [-0.3, -0.25) is 4.98 Å². The summed E-state index contributed by atoms with van der Waals surface area (Å²) in [6.45, 7) is 3.77. The fourth-order valence-electron chi connectivity index (χ4n) is 1.76. The number of rotatable bonds is 3. The van der Waals surface area contributed by atoms with Crippen molar-refractivity contribution in [3.8, 4) is 0 Å². The predicted octanol–water partition coefficient (Wildman–Crippen LogP) is 1.71. The molecule has 0 radical (unpaired) electrons. The normalized spacial score (nSPS) is 25.2. The standard InChI is InChI=1S/C11H17N3O/c1-11(3-4-15-8-11)14-10-5-9(12-2)6-13-7-10/h5-7,12,14H,3-4,8H2,1-2H3. The second kappa shape index (κ2) is 4.06. The summed E-state index contributed by atoms with van der Waals surface area (Å²) in [4.78, 5) is 4.16. The molecule has 0 saturated carbocycles. The first kappa shape index (κ1) is 10.2. The molecule has 4 heteroatoms. The smallest absolute Gasteiger partial charge is 0.0694 e. The van der Waals surface area contributed by atoms with Gasteiger partial charge in [0.25, 0.3) is 0 Å². The van der Waals surface area contributed by atoms with Crippen molar-refractivity contribution in [2.75, 3.05) is 30.9 Å². The van der Waals surface area contributed by atoms with Gasteiger partial charge >= 0.3 is 0 Å². The number of nitrogens with one attached hydrogen (secondary N) is 2. The molecule has 2 N–H and O–H groups in total. The SMILES string of the molecule is CNc1cncc(NC2(C)CCOC2)c1. The molecule has 0 aromatic carbocycles. The molecule has 1 aromatic heterocycles. The van der Waals surface area contributed by atoms with E-state index in [1.165, 1.54) is 0 Å². The summed E-state index contributed by atoms with van der Waals surface area (Å²) in [5.41, 5.74) is 2.10. The molecule has 1 aromatic rings. The van der Waals surface area contributed by atoms with Gasteiger partial charge in [-0.2, -0.15) is 0 Å². The quantitative estimate of drug-likeness (QED) is 0.792. The summed E-state index contributed by atoms with van der Waals surface area (Å²) in [5.74, 6) is 0. The van der Waals surface area contributed by atoms with Crippen molar-refractivity contribution in [1.29, 1.82) is 0 Å². The molecule has 1 saturated heterocycles. The van der Waals surface area contributed by atoms with E-state index in [0.29, 0.717) is 0 Å². The number of anilines is 2. The third-order valence-electron chi connectivity index (χ3n) is 2.69. The van der Waals surface area contributed by atoms with Crippen LogP contribution in [-0.4, -0.2) is 30.8 Å². The van der Waals surface area contributed by atoms with Crippen LogP contribution < -0.4 is 10.6 Å². The molecule has 15 heavy (non-hydrogen) atoms. The molecule has 1 atom stereocenters. The molecule has 1 aliphatic rings. The first-order valence-electron chi connectivity index (χ1n) is 5.21. The van der Waals surface area contributed by atoms with Crippen molar-refractivity contribution < 1.29 is 4.74 Å². The molecule has 1 aliphatic heterocycles. The van der Waals surface area contributed by atoms with Crippen molar-refractivity contribution in [2.45, 2.75) is 18.9 Å². The van der Waals surface area contributed by atoms with E-state index < -0.39 is 0 Å². The molecule has 0 aliphatic carbocycles. The summed E-state index contributed by atoms with van der Waals surface area (Å²) in [5, 5.41) is 6.54. The van der Waals surface area contributed by atoms with Crippen LogP contribution in [0.2, 0.25) is 0 Å². The lowest BCUT2D eigenvalue weighted by Gasteiger charge is -2.24. The van der Waals surface area contributed by atoms with E-state index in [2.05, 4.69) is 28.6 Å². The number of hydrogen-bond acceptors (Lipinski definition) is 4. The van der Waals surface area contributed by atoms with E-state index in [1.807, 2.05) is 13.2 Å². The van der Waals surface area contributed by atoms with Crippen LogP contribution in [-0.2, 0) is 4.74 Å². The zero-order chi connectivity index (χ0) is 10.7. The van der Waals surface area contributed by atoms with Gasteiger partial charge in [0.05, 0.1) is 35.9 Å². The van der Waals surface area contributed by atoms with Crippen molar-refractivity contribution in [3.63, 3.8) is 0 Å². The highest BCUT2D eigenvalue weighted by Gasteiger charge is 2.29. The molecule has 0 amide bonds. The molecular weight excluding hydrogens is 190 g/mol. The van der Waals surface area contributed by atoms with Crippen LogP contribution >= 0.6 is 0 Å². The van der Waals surface area contributed by atoms with Gasteiger partial charge in [0.15, 0.2) is 0 Å². The summed E-state index contributed by atoms with van der Waals surface area (Å²) >= 11 is 0. The highest BCUT2D eigenvalue weighted by atomic mass is 16.5. The summed E-state index contributed by atoms with van der Waals surface area (Å²) in [7, 11) is 1.89. The largest absolute Gasteiger partial charge is 0.387 e. The van der Waals surface area contributed by atoms with Crippen LogP contribution in [0.5, 0.6) is 0 Å². The third-order valence-corrected chi connectivity index (χ3v) is 2.69. The molecule has 2 rings (SSSR count). The van der Waals surface area contributed by atoms with Gasteiger partial charge in [-0.1, -0.05) is 0 Å². The lowest BCUT2D eigenvalue weighted by Crippen LogP contribution is -2.34. The second-order valence-corrected chi connectivity index (χ2v) is 4.20. The Bertz CT molecular complexity index is 334. The minimum absolute atomic E-state index is 0.0496. The summed E-state index contributed by atoms with van der Waals surface area (Å²) < 4.78 is 5.39. The Morgan fingerprint density at radius 1 is 1.40 bits per heavy atom. The number of pyridine rings is 1. The third kappa shape index (κ3) is 2.39. The number of ether oxygens (including phenoxy) is 1. The molecule has 0 bridgehead atoms. The van der Waals surface area contributed by atoms with Crippen molar-refractivity contribution in [1.82, 2.24) is 4.98 Å². The van der Waals surface area contributed by atoms with Crippen molar-refractivity contribution in [3.05, 3.63) is 18.5 Å². The van der Waals surface area contributed by atoms with Gasteiger partial charge in [-0.15, -0.1) is 0 Å². The fourth-order valence-corrected chi connectivity index (χ4v) is 1.76. The zero-order valence-corrected chi connectivity index (χ0v) is 9.21. The van der Waals surface area contributed by atoms with Crippen molar-refractivity contribution >= 4 is 11.4 Å². The molecule has 82 valence electrons. The highest BCUT2D eigenvalue weighted by Crippen LogP contribution is 2.24. The van der Waals surface area contributed by atoms with Gasteiger partial charge in [-0.05, 0) is 19.4 Å². The highest BCUT2D eigenvalue weighted by molar-refractivity contribution is 5.54. The number of hydrogen-bond donors (Lipinski definition) is 2. The maximum absolute atomic E-state index is 5.39. The Morgan fingerprint density at radius 2 is 2.20 bits per heavy atom. The molecule has 1 unspecified atom stereocenters. The Hall–Kier alpha value is -1.29. The van der Waals surface area contributed by atoms with E-state index in [4.69, 9.17) is 4.74 Å². The zero-order valence-electron chi connectivity index (χ0n) is 9.21. The average Bonchev–Trinajstić information content (AvgIpc) is 2.65. The van der Waals surface area contributed by atoms with E-state index in [0.717, 1.165) is 31.0 Å². The molecule has 0 spiro atoms. The first-order valence-corrected chi connectivity index (χ1v) is 5.21. The molecule has 4 nitrogen and oxygen atoms in total. The fraction of sp³-hybridized carbons (Fsp3) is 0.545. The summed E-state index contributed by atoms with van der Waals surface area (Å²) in [6, 6.07) is 2.05. The van der Waals surface area contributed by atoms with Gasteiger partial charge in [0.2, 0.25) is 0 Å². The van der Waals surface area contributed by atoms with Crippen LogP contribution in [0.15, 0.2) is 18.5 Å². The van der Waals surface area contributed by atoms with Gasteiger partial charge in [0.1, 0.15) is 0 Å². The monoisotopic (exact) mass is 207 g/mol. The van der Waals surface area contributed by atoms with Crippen LogP contribution in [0.1, 0.15) is 13.3 Å². The van der Waals surface area contributed by atoms with E-state index in [-0.39, 0.29) is 5.54 Å². The van der Waals surface area contributed by atoms with Crippen molar-refractivity contribution in [2.24, 2.45) is 0 Å². The summed E-state index contributed by atoms with van der Waals surface area (Å²) in [6.07, 6.45) is 4.68. The van der Waals surface area contributed by atoms with Gasteiger partial charge < -0.3 is 15.4 Å². The number of nitrogens with zero attached hydrogens (tertiary/aromatic N) is 1. The van der Waals surface area contributed by atoms with Crippen LogP contribution in [0, 0.1) is 0 Å². The van der Waals surface area contributed by atoms with Crippen LogP contribution in [0.25, 0.3) is 0 Å². The molecular formula is C11H17N3O. The lowest BCUT2D eigenvalue weighted by molar-refractivity contribution is 0.185. The minimum atomic E-state index is 0.0496. The first-order chi connectivity index (χ1) is 7.22. The Morgan fingerprint density at radius 3 is 2.87 bits per heavy atom. The van der Waals surface area contributed by atoms with Crippen LogP contribution in [0.3, 0.4) is 0 Å². The minimum Gasteiger partial charge on any atom is -0.387 e. The second-order valence-electron chi connectivity index (χ2n) is 4.20.